The third-order valence-electron chi connectivity index (χ3n) is 2.79. The Morgan fingerprint density at radius 3 is 2.40 bits per heavy atom. The molecule has 1 aromatic rings. The number of carbonyl (C=O) groups is 1. The van der Waals surface area contributed by atoms with E-state index in [1.807, 2.05) is 13.8 Å². The molecule has 114 valence electrons. The third kappa shape index (κ3) is 6.32. The molecule has 0 heterocycles. The van der Waals surface area contributed by atoms with E-state index in [1.54, 1.807) is 0 Å². The minimum Gasteiger partial charge on any atom is -0.387 e. The van der Waals surface area contributed by atoms with Crippen LogP contribution in [0.15, 0.2) is 24.3 Å². The molecule has 0 fully saturated rings. The molecule has 0 spiro atoms. The molecule has 1 unspecified atom stereocenters. The fourth-order valence-corrected chi connectivity index (χ4v) is 1.75. The summed E-state index contributed by atoms with van der Waals surface area (Å²) in [6.45, 7) is 4.04. The molecule has 0 radical (unpaired) electrons. The van der Waals surface area contributed by atoms with Gasteiger partial charge in [0.05, 0.1) is 12.1 Å². The summed E-state index contributed by atoms with van der Waals surface area (Å²) in [5.74, 6) is -0.309. The fraction of sp³-hybridized carbons (Fsp3) is 0.500. The summed E-state index contributed by atoms with van der Waals surface area (Å²) in [5, 5.41) is 12.4. The van der Waals surface area contributed by atoms with E-state index in [0.717, 1.165) is 0 Å². The van der Waals surface area contributed by atoms with Crippen LogP contribution in [-0.4, -0.2) is 23.6 Å². The van der Waals surface area contributed by atoms with E-state index in [1.165, 1.54) is 24.3 Å². The lowest BCUT2D eigenvalue weighted by molar-refractivity contribution is -0.123. The summed E-state index contributed by atoms with van der Waals surface area (Å²) in [6, 6.07) is 4.94. The van der Waals surface area contributed by atoms with Gasteiger partial charge in [0.1, 0.15) is 5.82 Å². The second kappa shape index (κ2) is 8.89. The van der Waals surface area contributed by atoms with Gasteiger partial charge >= 0.3 is 0 Å². The highest BCUT2D eigenvalue weighted by atomic mass is 35.5. The quantitative estimate of drug-likeness (QED) is 0.750. The maximum Gasteiger partial charge on any atom is 0.237 e. The molecule has 0 bridgehead atoms. The topological polar surface area (TPSA) is 75.4 Å². The van der Waals surface area contributed by atoms with Crippen molar-refractivity contribution in [2.75, 3.05) is 6.54 Å². The number of hydrogen-bond acceptors (Lipinski definition) is 3. The van der Waals surface area contributed by atoms with E-state index in [9.17, 15) is 14.3 Å². The Labute approximate surface area is 125 Å². The molecule has 6 heteroatoms. The Bertz CT molecular complexity index is 412. The minimum atomic E-state index is -0.865. The number of aliphatic hydroxyl groups is 1. The Balaban J connectivity index is 0.00000361. The van der Waals surface area contributed by atoms with Gasteiger partial charge in [-0.3, -0.25) is 4.79 Å². The van der Waals surface area contributed by atoms with Crippen molar-refractivity contribution in [3.8, 4) is 0 Å². The maximum atomic E-state index is 12.7. The number of amides is 1. The second-order valence-corrected chi connectivity index (χ2v) is 5.05. The van der Waals surface area contributed by atoms with Crippen LogP contribution in [-0.2, 0) is 4.79 Å². The van der Waals surface area contributed by atoms with E-state index < -0.39 is 12.1 Å². The van der Waals surface area contributed by atoms with E-state index in [2.05, 4.69) is 5.32 Å². The van der Waals surface area contributed by atoms with Gasteiger partial charge in [-0.15, -0.1) is 12.4 Å². The molecule has 20 heavy (non-hydrogen) atoms. The molecular formula is C14H22ClFN2O2. The first-order chi connectivity index (χ1) is 8.90. The number of rotatable bonds is 6. The maximum absolute atomic E-state index is 12.7. The normalized spacial score (nSPS) is 13.5. The minimum absolute atomic E-state index is 0. The van der Waals surface area contributed by atoms with Crippen molar-refractivity contribution in [3.63, 3.8) is 0 Å². The summed E-state index contributed by atoms with van der Waals surface area (Å²) < 4.78 is 12.7. The SMILES string of the molecule is CC(C)C[C@H](N)C(=O)NCC(O)c1ccc(F)cc1.Cl. The van der Waals surface area contributed by atoms with E-state index in [4.69, 9.17) is 5.73 Å². The van der Waals surface area contributed by atoms with Crippen LogP contribution >= 0.6 is 12.4 Å². The van der Waals surface area contributed by atoms with Crippen molar-refractivity contribution in [2.24, 2.45) is 11.7 Å². The van der Waals surface area contributed by atoms with Crippen LogP contribution in [0, 0.1) is 11.7 Å². The van der Waals surface area contributed by atoms with Crippen LogP contribution in [0.4, 0.5) is 4.39 Å². The molecular weight excluding hydrogens is 283 g/mol. The van der Waals surface area contributed by atoms with Crippen LogP contribution in [0.5, 0.6) is 0 Å². The average molecular weight is 305 g/mol. The number of benzene rings is 1. The molecule has 1 amide bonds. The Hall–Kier alpha value is -1.17. The smallest absolute Gasteiger partial charge is 0.237 e. The molecule has 4 N–H and O–H groups in total. The summed E-state index contributed by atoms with van der Waals surface area (Å²) >= 11 is 0. The molecule has 2 atom stereocenters. The van der Waals surface area contributed by atoms with E-state index in [-0.39, 0.29) is 30.7 Å². The third-order valence-corrected chi connectivity index (χ3v) is 2.79. The molecule has 0 saturated carbocycles. The zero-order valence-corrected chi connectivity index (χ0v) is 12.5. The first-order valence-corrected chi connectivity index (χ1v) is 6.37. The Morgan fingerprint density at radius 2 is 1.90 bits per heavy atom. The standard InChI is InChI=1S/C14H21FN2O2.ClH/c1-9(2)7-12(16)14(19)17-8-13(18)10-3-5-11(15)6-4-10;/h3-6,9,12-13,18H,7-8,16H2,1-2H3,(H,17,19);1H/t12-,13?;/m0./s1. The largest absolute Gasteiger partial charge is 0.387 e. The van der Waals surface area contributed by atoms with E-state index >= 15 is 0 Å². The summed E-state index contributed by atoms with van der Waals surface area (Å²) in [5.41, 5.74) is 6.27. The summed E-state index contributed by atoms with van der Waals surface area (Å²) in [7, 11) is 0. The molecule has 0 aliphatic heterocycles. The van der Waals surface area contributed by atoms with Crippen molar-refractivity contribution in [3.05, 3.63) is 35.6 Å². The van der Waals surface area contributed by atoms with Gasteiger partial charge in [-0.2, -0.15) is 0 Å². The van der Waals surface area contributed by atoms with Gasteiger partial charge in [0.25, 0.3) is 0 Å². The van der Waals surface area contributed by atoms with Gasteiger partial charge in [0.15, 0.2) is 0 Å². The number of halogens is 2. The number of aliphatic hydroxyl groups excluding tert-OH is 1. The molecule has 0 aliphatic carbocycles. The first kappa shape index (κ1) is 18.8. The van der Waals surface area contributed by atoms with Crippen LogP contribution in [0.3, 0.4) is 0 Å². The highest BCUT2D eigenvalue weighted by Crippen LogP contribution is 2.12. The predicted octanol–water partition coefficient (Wildman–Crippen LogP) is 1.77. The van der Waals surface area contributed by atoms with Crippen molar-refractivity contribution in [1.82, 2.24) is 5.32 Å². The average Bonchev–Trinajstić information content (AvgIpc) is 2.35. The van der Waals surface area contributed by atoms with Gasteiger partial charge in [-0.25, -0.2) is 4.39 Å². The van der Waals surface area contributed by atoms with E-state index in [0.29, 0.717) is 17.9 Å². The van der Waals surface area contributed by atoms with Crippen LogP contribution in [0.1, 0.15) is 31.9 Å². The highest BCUT2D eigenvalue weighted by Gasteiger charge is 2.16. The molecule has 0 aliphatic rings. The zero-order chi connectivity index (χ0) is 14.4. The number of nitrogens with one attached hydrogen (secondary N) is 1. The van der Waals surface area contributed by atoms with Crippen molar-refractivity contribution in [2.45, 2.75) is 32.4 Å². The lowest BCUT2D eigenvalue weighted by Gasteiger charge is -2.16. The molecule has 0 aromatic heterocycles. The number of nitrogens with two attached hydrogens (primary N) is 1. The Morgan fingerprint density at radius 1 is 1.35 bits per heavy atom. The number of hydrogen-bond donors (Lipinski definition) is 3. The molecule has 0 saturated heterocycles. The highest BCUT2D eigenvalue weighted by molar-refractivity contribution is 5.85. The predicted molar refractivity (Wildman–Crippen MR) is 79.0 cm³/mol. The van der Waals surface area contributed by atoms with Crippen LogP contribution in [0.2, 0.25) is 0 Å². The lowest BCUT2D eigenvalue weighted by Crippen LogP contribution is -2.42. The van der Waals surface area contributed by atoms with Gasteiger partial charge < -0.3 is 16.2 Å². The Kier molecular flexibility index (Phi) is 8.37. The van der Waals surface area contributed by atoms with Gasteiger partial charge in [-0.1, -0.05) is 26.0 Å². The van der Waals surface area contributed by atoms with Gasteiger partial charge in [0, 0.05) is 6.54 Å². The molecule has 4 nitrogen and oxygen atoms in total. The monoisotopic (exact) mass is 304 g/mol. The zero-order valence-electron chi connectivity index (χ0n) is 11.7. The van der Waals surface area contributed by atoms with Crippen molar-refractivity contribution < 1.29 is 14.3 Å². The van der Waals surface area contributed by atoms with Crippen LogP contribution in [0.25, 0.3) is 0 Å². The summed E-state index contributed by atoms with van der Waals surface area (Å²) in [4.78, 5) is 11.7. The van der Waals surface area contributed by atoms with Gasteiger partial charge in [-0.05, 0) is 30.0 Å². The first-order valence-electron chi connectivity index (χ1n) is 6.37. The van der Waals surface area contributed by atoms with Crippen molar-refractivity contribution >= 4 is 18.3 Å². The lowest BCUT2D eigenvalue weighted by atomic mass is 10.0. The number of carbonyl (C=O) groups excluding carboxylic acids is 1. The molecule has 1 aromatic carbocycles. The summed E-state index contributed by atoms with van der Waals surface area (Å²) in [6.07, 6.45) is -0.269. The van der Waals surface area contributed by atoms with Crippen molar-refractivity contribution in [1.29, 1.82) is 0 Å². The fourth-order valence-electron chi connectivity index (χ4n) is 1.75. The second-order valence-electron chi connectivity index (χ2n) is 5.05. The van der Waals surface area contributed by atoms with Gasteiger partial charge in [0.2, 0.25) is 5.91 Å². The molecule has 1 rings (SSSR count). The van der Waals surface area contributed by atoms with Crippen LogP contribution < -0.4 is 11.1 Å².